The van der Waals surface area contributed by atoms with Gasteiger partial charge in [0.25, 0.3) is 5.91 Å². The van der Waals surface area contributed by atoms with Crippen molar-refractivity contribution in [3.63, 3.8) is 0 Å². The van der Waals surface area contributed by atoms with Crippen molar-refractivity contribution in [3.05, 3.63) is 15.6 Å². The van der Waals surface area contributed by atoms with Crippen LogP contribution >= 0.6 is 11.3 Å². The van der Waals surface area contributed by atoms with E-state index in [1.165, 1.54) is 37.1 Å². The van der Waals surface area contributed by atoms with Gasteiger partial charge in [0.05, 0.1) is 5.01 Å². The highest BCUT2D eigenvalue weighted by Gasteiger charge is 2.36. The zero-order valence-corrected chi connectivity index (χ0v) is 11.4. The van der Waals surface area contributed by atoms with Crippen LogP contribution in [0.15, 0.2) is 0 Å². The minimum Gasteiger partial charge on any atom is -0.480 e. The number of carbonyl (C=O) groups excluding carboxylic acids is 1. The molecule has 0 aromatic carbocycles. The predicted molar refractivity (Wildman–Crippen MR) is 65.4 cm³/mol. The van der Waals surface area contributed by atoms with Gasteiger partial charge in [-0.25, -0.2) is 9.78 Å². The first-order valence-corrected chi connectivity index (χ1v) is 5.95. The molecule has 0 spiro atoms. The highest BCUT2D eigenvalue weighted by molar-refractivity contribution is 7.11. The van der Waals surface area contributed by atoms with Crippen LogP contribution in [0.5, 0.6) is 0 Å². The summed E-state index contributed by atoms with van der Waals surface area (Å²) in [6.45, 7) is 6.60. The van der Waals surface area contributed by atoms with Crippen molar-refractivity contribution in [2.24, 2.45) is 0 Å². The summed E-state index contributed by atoms with van der Waals surface area (Å²) < 4.78 is 0. The molecule has 0 fully saturated rings. The summed E-state index contributed by atoms with van der Waals surface area (Å²) in [5.74, 6) is -1.41. The zero-order valence-electron chi connectivity index (χ0n) is 10.6. The number of nitrogens with zero attached hydrogens (tertiary/aromatic N) is 2. The molecule has 0 aliphatic carbocycles. The van der Waals surface area contributed by atoms with Gasteiger partial charge < -0.3 is 10.0 Å². The van der Waals surface area contributed by atoms with Crippen molar-refractivity contribution >= 4 is 23.2 Å². The van der Waals surface area contributed by atoms with Crippen LogP contribution in [0, 0.1) is 13.8 Å². The third-order valence-electron chi connectivity index (χ3n) is 2.77. The van der Waals surface area contributed by atoms with Crippen LogP contribution in [-0.2, 0) is 4.79 Å². The third kappa shape index (κ3) is 2.46. The van der Waals surface area contributed by atoms with Crippen LogP contribution in [0.2, 0.25) is 0 Å². The molecule has 6 heteroatoms. The minimum atomic E-state index is -1.25. The minimum absolute atomic E-state index is 0.337. The lowest BCUT2D eigenvalue weighted by Gasteiger charge is -2.31. The van der Waals surface area contributed by atoms with Crippen molar-refractivity contribution in [2.45, 2.75) is 33.2 Å². The van der Waals surface area contributed by atoms with Gasteiger partial charge in [-0.15, -0.1) is 11.3 Å². The highest BCUT2D eigenvalue weighted by atomic mass is 32.1. The van der Waals surface area contributed by atoms with Gasteiger partial charge in [-0.3, -0.25) is 4.79 Å². The smallest absolute Gasteiger partial charge is 0.329 e. The molecule has 94 valence electrons. The quantitative estimate of drug-likeness (QED) is 0.893. The average molecular weight is 256 g/mol. The number of hydrogen-bond acceptors (Lipinski definition) is 4. The van der Waals surface area contributed by atoms with Crippen LogP contribution in [0.1, 0.15) is 34.2 Å². The lowest BCUT2D eigenvalue weighted by Crippen LogP contribution is -2.51. The van der Waals surface area contributed by atoms with E-state index in [2.05, 4.69) is 4.98 Å². The second-order valence-electron chi connectivity index (χ2n) is 4.37. The Morgan fingerprint density at radius 2 is 1.88 bits per heavy atom. The molecule has 0 radical (unpaired) electrons. The monoisotopic (exact) mass is 256 g/mol. The first-order chi connectivity index (χ1) is 7.67. The number of aryl methyl sites for hydroxylation is 2. The number of amides is 1. The molecule has 1 heterocycles. The van der Waals surface area contributed by atoms with Crippen LogP contribution in [-0.4, -0.2) is 39.5 Å². The topological polar surface area (TPSA) is 70.5 Å². The molecule has 0 atom stereocenters. The Morgan fingerprint density at radius 1 is 1.35 bits per heavy atom. The van der Waals surface area contributed by atoms with Crippen molar-refractivity contribution in [3.8, 4) is 0 Å². The second-order valence-corrected chi connectivity index (χ2v) is 5.77. The first-order valence-electron chi connectivity index (χ1n) is 5.13. The summed E-state index contributed by atoms with van der Waals surface area (Å²) >= 11 is 1.43. The number of carboxylic acid groups (broad SMARTS) is 1. The molecule has 5 nitrogen and oxygen atoms in total. The Morgan fingerprint density at radius 3 is 2.24 bits per heavy atom. The van der Waals surface area contributed by atoms with E-state index in [0.717, 1.165) is 9.88 Å². The molecule has 1 N–H and O–H groups in total. The summed E-state index contributed by atoms with van der Waals surface area (Å²) in [7, 11) is 1.48. The number of likely N-dealkylation sites (N-methyl/N-ethyl adjacent to an activating group) is 1. The van der Waals surface area contributed by atoms with Gasteiger partial charge in [-0.1, -0.05) is 0 Å². The van der Waals surface area contributed by atoms with Crippen LogP contribution in [0.3, 0.4) is 0 Å². The molecule has 1 aromatic heterocycles. The van der Waals surface area contributed by atoms with E-state index < -0.39 is 11.5 Å². The van der Waals surface area contributed by atoms with Gasteiger partial charge in [-0.2, -0.15) is 0 Å². The summed E-state index contributed by atoms with van der Waals surface area (Å²) in [5.41, 5.74) is -0.912. The zero-order chi connectivity index (χ0) is 13.4. The molecule has 1 amide bonds. The van der Waals surface area contributed by atoms with Gasteiger partial charge in [0, 0.05) is 11.9 Å². The van der Waals surface area contributed by atoms with E-state index in [0.29, 0.717) is 5.69 Å². The Balaban J connectivity index is 3.06. The number of aliphatic carboxylic acids is 1. The molecule has 0 bridgehead atoms. The van der Waals surface area contributed by atoms with Gasteiger partial charge in [0.2, 0.25) is 0 Å². The average Bonchev–Trinajstić information content (AvgIpc) is 2.55. The third-order valence-corrected chi connectivity index (χ3v) is 3.66. The lowest BCUT2D eigenvalue weighted by atomic mass is 10.0. The van der Waals surface area contributed by atoms with Crippen LogP contribution < -0.4 is 0 Å². The standard InChI is InChI=1S/C11H16N2O3S/c1-6-8(12-7(2)17-6)9(14)13(5)11(3,4)10(15)16/h1-5H3,(H,15,16). The van der Waals surface area contributed by atoms with E-state index in [9.17, 15) is 9.59 Å². The Kier molecular flexibility index (Phi) is 3.56. The van der Waals surface area contributed by atoms with Crippen LogP contribution in [0.25, 0.3) is 0 Å². The maximum Gasteiger partial charge on any atom is 0.329 e. The molecule has 1 aromatic rings. The normalized spacial score (nSPS) is 11.4. The fourth-order valence-electron chi connectivity index (χ4n) is 1.28. The van der Waals surface area contributed by atoms with Crippen LogP contribution in [0.4, 0.5) is 0 Å². The SMILES string of the molecule is Cc1nc(C(=O)N(C)C(C)(C)C(=O)O)c(C)s1. The number of hydrogen-bond donors (Lipinski definition) is 1. The molecule has 0 aliphatic heterocycles. The molecule has 0 aliphatic rings. The predicted octanol–water partition coefficient (Wildman–Crippen LogP) is 1.70. The maximum absolute atomic E-state index is 12.1. The second kappa shape index (κ2) is 4.44. The molecular formula is C11H16N2O3S. The van der Waals surface area contributed by atoms with E-state index in [1.54, 1.807) is 6.92 Å². The maximum atomic E-state index is 12.1. The Bertz CT molecular complexity index is 465. The number of carbonyl (C=O) groups is 2. The molecule has 17 heavy (non-hydrogen) atoms. The first kappa shape index (κ1) is 13.6. The highest BCUT2D eigenvalue weighted by Crippen LogP contribution is 2.21. The molecule has 0 unspecified atom stereocenters. The molecule has 1 rings (SSSR count). The van der Waals surface area contributed by atoms with Crippen molar-refractivity contribution < 1.29 is 14.7 Å². The van der Waals surface area contributed by atoms with E-state index >= 15 is 0 Å². The van der Waals surface area contributed by atoms with E-state index in [4.69, 9.17) is 5.11 Å². The van der Waals surface area contributed by atoms with E-state index in [-0.39, 0.29) is 5.91 Å². The van der Waals surface area contributed by atoms with Crippen molar-refractivity contribution in [1.29, 1.82) is 0 Å². The molecule has 0 saturated carbocycles. The molecular weight excluding hydrogens is 240 g/mol. The van der Waals surface area contributed by atoms with Crippen molar-refractivity contribution in [2.75, 3.05) is 7.05 Å². The summed E-state index contributed by atoms with van der Waals surface area (Å²) in [5, 5.41) is 9.87. The van der Waals surface area contributed by atoms with Gasteiger partial charge in [0.15, 0.2) is 0 Å². The van der Waals surface area contributed by atoms with Gasteiger partial charge in [0.1, 0.15) is 11.2 Å². The molecule has 0 saturated heterocycles. The number of aromatic nitrogens is 1. The largest absolute Gasteiger partial charge is 0.480 e. The van der Waals surface area contributed by atoms with Crippen molar-refractivity contribution in [1.82, 2.24) is 9.88 Å². The van der Waals surface area contributed by atoms with E-state index in [1.807, 2.05) is 6.92 Å². The Labute approximate surface area is 104 Å². The van der Waals surface area contributed by atoms with Gasteiger partial charge >= 0.3 is 5.97 Å². The summed E-state index contributed by atoms with van der Waals surface area (Å²) in [6.07, 6.45) is 0. The number of carboxylic acids is 1. The number of rotatable bonds is 3. The number of thiazole rings is 1. The summed E-state index contributed by atoms with van der Waals surface area (Å²) in [4.78, 5) is 29.4. The Hall–Kier alpha value is -1.43. The summed E-state index contributed by atoms with van der Waals surface area (Å²) in [6, 6.07) is 0. The fraction of sp³-hybridized carbons (Fsp3) is 0.545. The fourth-order valence-corrected chi connectivity index (χ4v) is 2.09. The van der Waals surface area contributed by atoms with Gasteiger partial charge in [-0.05, 0) is 27.7 Å². The lowest BCUT2D eigenvalue weighted by molar-refractivity contribution is -0.147.